The Hall–Kier alpha value is -0.0800. The van der Waals surface area contributed by atoms with Crippen molar-refractivity contribution in [2.24, 2.45) is 17.6 Å². The summed E-state index contributed by atoms with van der Waals surface area (Å²) in [6, 6.07) is 0. The molecular formula is C12H25NO. The molecule has 14 heavy (non-hydrogen) atoms. The van der Waals surface area contributed by atoms with Gasteiger partial charge in [0.05, 0.1) is 6.61 Å². The molecule has 0 radical (unpaired) electrons. The van der Waals surface area contributed by atoms with Crippen molar-refractivity contribution in [1.29, 1.82) is 0 Å². The highest BCUT2D eigenvalue weighted by Crippen LogP contribution is 2.35. The quantitative estimate of drug-likeness (QED) is 0.755. The van der Waals surface area contributed by atoms with E-state index >= 15 is 0 Å². The van der Waals surface area contributed by atoms with Gasteiger partial charge in [-0.25, -0.2) is 0 Å². The van der Waals surface area contributed by atoms with Crippen LogP contribution in [0, 0.1) is 11.8 Å². The van der Waals surface area contributed by atoms with Gasteiger partial charge in [-0.05, 0) is 31.1 Å². The van der Waals surface area contributed by atoms with Crippen molar-refractivity contribution < 1.29 is 4.74 Å². The molecule has 2 nitrogen and oxygen atoms in total. The average Bonchev–Trinajstić information content (AvgIpc) is 2.19. The van der Waals surface area contributed by atoms with Crippen molar-refractivity contribution in [2.45, 2.75) is 51.5 Å². The van der Waals surface area contributed by atoms with Crippen molar-refractivity contribution in [3.8, 4) is 0 Å². The van der Waals surface area contributed by atoms with Gasteiger partial charge < -0.3 is 10.5 Å². The molecule has 0 saturated heterocycles. The van der Waals surface area contributed by atoms with Crippen LogP contribution in [0.5, 0.6) is 0 Å². The monoisotopic (exact) mass is 199 g/mol. The van der Waals surface area contributed by atoms with Crippen LogP contribution in [-0.2, 0) is 4.74 Å². The summed E-state index contributed by atoms with van der Waals surface area (Å²) >= 11 is 0. The smallest absolute Gasteiger partial charge is 0.0645 e. The van der Waals surface area contributed by atoms with Crippen molar-refractivity contribution in [1.82, 2.24) is 0 Å². The zero-order chi connectivity index (χ0) is 10.6. The first-order valence-corrected chi connectivity index (χ1v) is 5.90. The Labute approximate surface area is 88.2 Å². The van der Waals surface area contributed by atoms with Crippen LogP contribution >= 0.6 is 0 Å². The molecule has 1 aliphatic carbocycles. The van der Waals surface area contributed by atoms with Crippen LogP contribution in [-0.4, -0.2) is 19.3 Å². The van der Waals surface area contributed by atoms with Gasteiger partial charge in [0.1, 0.15) is 0 Å². The molecule has 0 aliphatic heterocycles. The summed E-state index contributed by atoms with van der Waals surface area (Å²) in [4.78, 5) is 0. The van der Waals surface area contributed by atoms with E-state index in [0.717, 1.165) is 12.3 Å². The van der Waals surface area contributed by atoms with Crippen LogP contribution < -0.4 is 5.73 Å². The second-order valence-electron chi connectivity index (χ2n) is 4.98. The van der Waals surface area contributed by atoms with Gasteiger partial charge in [-0.2, -0.15) is 0 Å². The Bertz CT molecular complexity index is 164. The van der Waals surface area contributed by atoms with E-state index in [-0.39, 0.29) is 5.54 Å². The van der Waals surface area contributed by atoms with Gasteiger partial charge in [0.15, 0.2) is 0 Å². The van der Waals surface area contributed by atoms with E-state index in [0.29, 0.717) is 12.5 Å². The summed E-state index contributed by atoms with van der Waals surface area (Å²) in [5.41, 5.74) is 6.33. The average molecular weight is 199 g/mol. The minimum absolute atomic E-state index is 0.0745. The molecule has 0 aromatic heterocycles. The summed E-state index contributed by atoms with van der Waals surface area (Å²) in [6.45, 7) is 5.23. The van der Waals surface area contributed by atoms with Crippen LogP contribution in [0.25, 0.3) is 0 Å². The predicted octanol–water partition coefficient (Wildman–Crippen LogP) is 2.57. The van der Waals surface area contributed by atoms with Gasteiger partial charge in [0.25, 0.3) is 0 Å². The third-order valence-corrected chi connectivity index (χ3v) is 3.90. The molecule has 0 heterocycles. The molecular weight excluding hydrogens is 174 g/mol. The standard InChI is InChI=1S/C12H25NO/c1-4-12(13,9-14-3)11-7-5-10(2)6-8-11/h10-11H,4-9,13H2,1-3H3. The largest absolute Gasteiger partial charge is 0.383 e. The molecule has 0 bridgehead atoms. The third-order valence-electron chi connectivity index (χ3n) is 3.90. The normalized spacial score (nSPS) is 32.6. The molecule has 2 N–H and O–H groups in total. The summed E-state index contributed by atoms with van der Waals surface area (Å²) in [7, 11) is 1.75. The lowest BCUT2D eigenvalue weighted by Crippen LogP contribution is -2.51. The van der Waals surface area contributed by atoms with Crippen LogP contribution in [0.1, 0.15) is 46.0 Å². The van der Waals surface area contributed by atoms with Crippen LogP contribution in [0.15, 0.2) is 0 Å². The summed E-state index contributed by atoms with van der Waals surface area (Å²) in [5.74, 6) is 1.57. The molecule has 0 amide bonds. The molecule has 2 heteroatoms. The lowest BCUT2D eigenvalue weighted by atomic mass is 9.71. The van der Waals surface area contributed by atoms with E-state index in [4.69, 9.17) is 10.5 Å². The third kappa shape index (κ3) is 2.71. The Morgan fingerprint density at radius 3 is 2.29 bits per heavy atom. The molecule has 1 saturated carbocycles. The van der Waals surface area contributed by atoms with E-state index in [1.807, 2.05) is 0 Å². The van der Waals surface area contributed by atoms with Crippen LogP contribution in [0.3, 0.4) is 0 Å². The Kier molecular flexibility index (Phi) is 4.39. The molecule has 1 unspecified atom stereocenters. The predicted molar refractivity (Wildman–Crippen MR) is 60.2 cm³/mol. The van der Waals surface area contributed by atoms with Crippen molar-refractivity contribution in [3.63, 3.8) is 0 Å². The van der Waals surface area contributed by atoms with E-state index in [1.165, 1.54) is 25.7 Å². The highest BCUT2D eigenvalue weighted by molar-refractivity contribution is 4.92. The first kappa shape index (κ1) is 12.0. The number of hydrogen-bond donors (Lipinski definition) is 1. The zero-order valence-electron chi connectivity index (χ0n) is 9.88. The molecule has 0 aromatic carbocycles. The number of hydrogen-bond acceptors (Lipinski definition) is 2. The summed E-state index contributed by atoms with van der Waals surface area (Å²) < 4.78 is 5.25. The van der Waals surface area contributed by atoms with Gasteiger partial charge in [-0.1, -0.05) is 26.7 Å². The highest BCUT2D eigenvalue weighted by Gasteiger charge is 2.35. The summed E-state index contributed by atoms with van der Waals surface area (Å²) in [5, 5.41) is 0. The molecule has 0 aromatic rings. The maximum absolute atomic E-state index is 6.40. The Balaban J connectivity index is 2.52. The SMILES string of the molecule is CCC(N)(COC)C1CCC(C)CC1. The fourth-order valence-corrected chi connectivity index (χ4v) is 2.61. The lowest BCUT2D eigenvalue weighted by Gasteiger charge is -2.40. The van der Waals surface area contributed by atoms with E-state index in [1.54, 1.807) is 7.11 Å². The van der Waals surface area contributed by atoms with Crippen LogP contribution in [0.4, 0.5) is 0 Å². The van der Waals surface area contributed by atoms with Crippen LogP contribution in [0.2, 0.25) is 0 Å². The first-order valence-electron chi connectivity index (χ1n) is 5.90. The van der Waals surface area contributed by atoms with E-state index < -0.39 is 0 Å². The minimum Gasteiger partial charge on any atom is -0.383 e. The Morgan fingerprint density at radius 2 is 1.86 bits per heavy atom. The van der Waals surface area contributed by atoms with E-state index in [9.17, 15) is 0 Å². The topological polar surface area (TPSA) is 35.2 Å². The second-order valence-corrected chi connectivity index (χ2v) is 4.98. The lowest BCUT2D eigenvalue weighted by molar-refractivity contribution is 0.0694. The molecule has 1 atom stereocenters. The molecule has 84 valence electrons. The second kappa shape index (κ2) is 5.13. The fourth-order valence-electron chi connectivity index (χ4n) is 2.61. The molecule has 1 aliphatic rings. The number of ether oxygens (including phenoxy) is 1. The summed E-state index contributed by atoms with van der Waals surface area (Å²) in [6.07, 6.45) is 6.28. The number of methoxy groups -OCH3 is 1. The molecule has 1 rings (SSSR count). The van der Waals surface area contributed by atoms with E-state index in [2.05, 4.69) is 13.8 Å². The fraction of sp³-hybridized carbons (Fsp3) is 1.00. The minimum atomic E-state index is -0.0745. The Morgan fingerprint density at radius 1 is 1.29 bits per heavy atom. The number of rotatable bonds is 4. The van der Waals surface area contributed by atoms with Gasteiger partial charge in [-0.3, -0.25) is 0 Å². The maximum Gasteiger partial charge on any atom is 0.0645 e. The highest BCUT2D eigenvalue weighted by atomic mass is 16.5. The maximum atomic E-state index is 6.40. The van der Waals surface area contributed by atoms with Crippen molar-refractivity contribution in [3.05, 3.63) is 0 Å². The van der Waals surface area contributed by atoms with Gasteiger partial charge in [-0.15, -0.1) is 0 Å². The molecule has 0 spiro atoms. The molecule has 1 fully saturated rings. The van der Waals surface area contributed by atoms with Crippen molar-refractivity contribution >= 4 is 0 Å². The van der Waals surface area contributed by atoms with Gasteiger partial charge >= 0.3 is 0 Å². The van der Waals surface area contributed by atoms with Gasteiger partial charge in [0, 0.05) is 12.6 Å². The number of nitrogens with two attached hydrogens (primary N) is 1. The zero-order valence-corrected chi connectivity index (χ0v) is 9.88. The van der Waals surface area contributed by atoms with Crippen molar-refractivity contribution in [2.75, 3.05) is 13.7 Å². The first-order chi connectivity index (χ1) is 6.62. The van der Waals surface area contributed by atoms with Gasteiger partial charge in [0.2, 0.25) is 0 Å².